The topological polar surface area (TPSA) is 214 Å². The van der Waals surface area contributed by atoms with Crippen molar-refractivity contribution >= 4 is 5.97 Å². The lowest BCUT2D eigenvalue weighted by Crippen LogP contribution is -2.61. The number of carbonyl (C=O) groups excluding carboxylic acids is 1. The Labute approximate surface area is 490 Å². The van der Waals surface area contributed by atoms with Gasteiger partial charge in [-0.25, -0.2) is 0 Å². The van der Waals surface area contributed by atoms with E-state index in [-0.39, 0.29) is 25.6 Å². The minimum absolute atomic E-state index is 0.0475. The fraction of sp³-hybridized carbons (Fsp3) is 0.776. The van der Waals surface area contributed by atoms with Crippen LogP contribution in [0.1, 0.15) is 232 Å². The van der Waals surface area contributed by atoms with E-state index >= 15 is 0 Å². The first-order chi connectivity index (χ1) is 39.6. The Morgan fingerprint density at radius 2 is 0.802 bits per heavy atom. The first-order valence-corrected chi connectivity index (χ1v) is 32.2. The Hall–Kier alpha value is -2.83. The average Bonchev–Trinajstić information content (AvgIpc) is 3.57. The maximum atomic E-state index is 13.1. The normalized spacial score (nSPS) is 24.3. The van der Waals surface area contributed by atoms with Gasteiger partial charge in [0.25, 0.3) is 0 Å². The first-order valence-electron chi connectivity index (χ1n) is 32.2. The van der Waals surface area contributed by atoms with E-state index in [2.05, 4.69) is 98.9 Å². The summed E-state index contributed by atoms with van der Waals surface area (Å²) in [7, 11) is 0. The van der Waals surface area contributed by atoms with Crippen LogP contribution in [0.15, 0.2) is 85.1 Å². The molecule has 0 spiro atoms. The van der Waals surface area contributed by atoms with Crippen molar-refractivity contribution in [2.75, 3.05) is 33.0 Å². The second-order valence-electron chi connectivity index (χ2n) is 22.2. The van der Waals surface area contributed by atoms with Gasteiger partial charge in [0, 0.05) is 13.0 Å². The largest absolute Gasteiger partial charge is 0.457 e. The Morgan fingerprint density at radius 3 is 1.26 bits per heavy atom. The van der Waals surface area contributed by atoms with Gasteiger partial charge in [-0.2, -0.15) is 0 Å². The summed E-state index contributed by atoms with van der Waals surface area (Å²) in [5, 5.41) is 72.5. The summed E-state index contributed by atoms with van der Waals surface area (Å²) in [6.45, 7) is 3.54. The highest BCUT2D eigenvalue weighted by Gasteiger charge is 2.47. The maximum absolute atomic E-state index is 13.1. The van der Waals surface area contributed by atoms with Crippen LogP contribution < -0.4 is 0 Å². The standard InChI is InChI=1S/C67H116O14/c1-3-5-7-9-11-13-15-17-19-21-23-25-27-28-29-30-32-34-36-38-40-42-44-46-48-50-59(69)79-56(53-76-51-49-47-45-43-41-39-37-35-33-31-26-24-22-20-18-16-14-12-10-8-6-4-2)54-77-66-65(75)63(73)61(71)58(81-66)55-78-67-64(74)62(72)60(70)57(52-68)80-67/h6,8,12,14-15,17-18,20-21,23-24,26,33,35,56-58,60-68,70-75H,3-5,7,9-11,13,16,19,22,25,27-32,34,36-55H2,1-2H3/b8-6-,14-12-,17-15-,20-18-,23-21-,26-24-,35-33-. The molecule has 0 aromatic rings. The van der Waals surface area contributed by atoms with E-state index in [1.54, 1.807) is 0 Å². The molecular weight excluding hydrogens is 1030 g/mol. The molecule has 14 nitrogen and oxygen atoms in total. The average molecular weight is 1150 g/mol. The molecule has 2 heterocycles. The molecule has 0 aromatic heterocycles. The van der Waals surface area contributed by atoms with Gasteiger partial charge in [0.05, 0.1) is 26.4 Å². The summed E-state index contributed by atoms with van der Waals surface area (Å²) in [5.41, 5.74) is 0. The second-order valence-corrected chi connectivity index (χ2v) is 22.2. The Kier molecular flexibility index (Phi) is 48.3. The molecule has 11 atom stereocenters. The third-order valence-corrected chi connectivity index (χ3v) is 14.9. The van der Waals surface area contributed by atoms with Gasteiger partial charge in [0.15, 0.2) is 12.6 Å². The van der Waals surface area contributed by atoms with E-state index in [0.29, 0.717) is 13.0 Å². The minimum atomic E-state index is -1.72. The summed E-state index contributed by atoms with van der Waals surface area (Å²) >= 11 is 0. The fourth-order valence-corrected chi connectivity index (χ4v) is 9.76. The summed E-state index contributed by atoms with van der Waals surface area (Å²) in [5.74, 6) is -0.383. The smallest absolute Gasteiger partial charge is 0.306 e. The van der Waals surface area contributed by atoms with E-state index in [9.17, 15) is 40.5 Å². The highest BCUT2D eigenvalue weighted by atomic mass is 16.7. The fourth-order valence-electron chi connectivity index (χ4n) is 9.76. The summed E-state index contributed by atoms with van der Waals surface area (Å²) in [4.78, 5) is 13.1. The van der Waals surface area contributed by atoms with E-state index in [4.69, 9.17) is 28.4 Å². The molecule has 468 valence electrons. The number of carbonyl (C=O) groups is 1. The third-order valence-electron chi connectivity index (χ3n) is 14.9. The van der Waals surface area contributed by atoms with Crippen LogP contribution in [-0.4, -0.2) is 142 Å². The minimum Gasteiger partial charge on any atom is -0.457 e. The number of hydrogen-bond acceptors (Lipinski definition) is 14. The van der Waals surface area contributed by atoms with Crippen LogP contribution >= 0.6 is 0 Å². The number of esters is 1. The number of aliphatic hydroxyl groups is 7. The quantitative estimate of drug-likeness (QED) is 0.0172. The SMILES string of the molecule is CC/C=C\C/C=C\C/C=C\C/C=C\C/C=C\CCCCCCCCOCC(COC1OC(COC2OC(CO)C(O)C(O)C2O)C(O)C(O)C1O)OC(=O)CCCCCCCCCCCCCCC/C=C\C/C=C\CCCCCCC. The summed E-state index contributed by atoms with van der Waals surface area (Å²) < 4.78 is 34.5. The Bertz CT molecular complexity index is 1660. The molecule has 0 aromatic carbocycles. The highest BCUT2D eigenvalue weighted by Crippen LogP contribution is 2.27. The van der Waals surface area contributed by atoms with Crippen molar-refractivity contribution in [2.45, 2.75) is 300 Å². The lowest BCUT2D eigenvalue weighted by molar-refractivity contribution is -0.332. The predicted octanol–water partition coefficient (Wildman–Crippen LogP) is 12.8. The molecule has 2 saturated heterocycles. The number of rotatable bonds is 52. The molecule has 7 N–H and O–H groups in total. The molecule has 14 heteroatoms. The molecule has 0 saturated carbocycles. The Balaban J connectivity index is 1.68. The van der Waals surface area contributed by atoms with Crippen molar-refractivity contribution in [3.63, 3.8) is 0 Å². The molecule has 2 aliphatic heterocycles. The molecule has 11 unspecified atom stereocenters. The molecule has 2 aliphatic rings. The zero-order valence-corrected chi connectivity index (χ0v) is 50.5. The molecule has 0 bridgehead atoms. The molecule has 2 fully saturated rings. The highest BCUT2D eigenvalue weighted by molar-refractivity contribution is 5.69. The van der Waals surface area contributed by atoms with Crippen molar-refractivity contribution in [3.05, 3.63) is 85.1 Å². The molecule has 2 rings (SSSR count). The number of aliphatic hydroxyl groups excluding tert-OH is 7. The van der Waals surface area contributed by atoms with Gasteiger partial charge in [0.1, 0.15) is 54.9 Å². The van der Waals surface area contributed by atoms with Crippen LogP contribution in [0, 0.1) is 0 Å². The van der Waals surface area contributed by atoms with Crippen molar-refractivity contribution in [1.82, 2.24) is 0 Å². The lowest BCUT2D eigenvalue weighted by Gasteiger charge is -2.42. The van der Waals surface area contributed by atoms with E-state index in [1.807, 2.05) is 0 Å². The van der Waals surface area contributed by atoms with Gasteiger partial charge in [-0.3, -0.25) is 4.79 Å². The van der Waals surface area contributed by atoms with Crippen molar-refractivity contribution in [3.8, 4) is 0 Å². The van der Waals surface area contributed by atoms with Gasteiger partial charge >= 0.3 is 5.97 Å². The van der Waals surface area contributed by atoms with Crippen LogP contribution in [-0.2, 0) is 33.2 Å². The van der Waals surface area contributed by atoms with Gasteiger partial charge in [-0.1, -0.05) is 221 Å². The molecule has 0 radical (unpaired) electrons. The number of allylic oxidation sites excluding steroid dienone is 14. The van der Waals surface area contributed by atoms with E-state index < -0.39 is 80.7 Å². The summed E-state index contributed by atoms with van der Waals surface area (Å²) in [6.07, 6.45) is 53.6. The van der Waals surface area contributed by atoms with Crippen molar-refractivity contribution in [2.24, 2.45) is 0 Å². The van der Waals surface area contributed by atoms with Gasteiger partial charge in [-0.05, 0) is 89.9 Å². The van der Waals surface area contributed by atoms with Crippen LogP contribution in [0.4, 0.5) is 0 Å². The number of ether oxygens (including phenoxy) is 6. The third kappa shape index (κ3) is 38.7. The van der Waals surface area contributed by atoms with Crippen LogP contribution in [0.3, 0.4) is 0 Å². The van der Waals surface area contributed by atoms with Gasteiger partial charge in [-0.15, -0.1) is 0 Å². The number of hydrogen-bond donors (Lipinski definition) is 7. The van der Waals surface area contributed by atoms with E-state index in [0.717, 1.165) is 96.3 Å². The molecule has 0 aliphatic carbocycles. The first kappa shape index (κ1) is 74.3. The maximum Gasteiger partial charge on any atom is 0.306 e. The van der Waals surface area contributed by atoms with Crippen molar-refractivity contribution < 1.29 is 69.0 Å². The Morgan fingerprint density at radius 1 is 0.420 bits per heavy atom. The van der Waals surface area contributed by atoms with Crippen LogP contribution in [0.25, 0.3) is 0 Å². The zero-order valence-electron chi connectivity index (χ0n) is 50.5. The molecular formula is C67H116O14. The van der Waals surface area contributed by atoms with Crippen LogP contribution in [0.2, 0.25) is 0 Å². The van der Waals surface area contributed by atoms with E-state index in [1.165, 1.54) is 109 Å². The molecule has 0 amide bonds. The second kappa shape index (κ2) is 52.7. The monoisotopic (exact) mass is 1140 g/mol. The van der Waals surface area contributed by atoms with Gasteiger partial charge in [0.2, 0.25) is 0 Å². The zero-order chi connectivity index (χ0) is 58.6. The predicted molar refractivity (Wildman–Crippen MR) is 325 cm³/mol. The van der Waals surface area contributed by atoms with Crippen molar-refractivity contribution in [1.29, 1.82) is 0 Å². The molecule has 81 heavy (non-hydrogen) atoms. The van der Waals surface area contributed by atoms with Crippen LogP contribution in [0.5, 0.6) is 0 Å². The number of unbranched alkanes of at least 4 members (excludes halogenated alkanes) is 24. The summed E-state index contributed by atoms with van der Waals surface area (Å²) in [6, 6.07) is 0. The van der Waals surface area contributed by atoms with Gasteiger partial charge < -0.3 is 64.2 Å². The lowest BCUT2D eigenvalue weighted by atomic mass is 9.98.